The number of rotatable bonds is 9. The van der Waals surface area contributed by atoms with Crippen molar-refractivity contribution in [2.45, 2.75) is 31.8 Å². The molecule has 1 aliphatic carbocycles. The van der Waals surface area contributed by atoms with Crippen molar-refractivity contribution in [3.05, 3.63) is 47.0 Å². The van der Waals surface area contributed by atoms with Crippen molar-refractivity contribution < 1.29 is 23.7 Å². The molecule has 1 saturated carbocycles. The molecule has 0 spiro atoms. The molecular formula is C22H26ClNO5. The molecule has 156 valence electrons. The van der Waals surface area contributed by atoms with Gasteiger partial charge in [0.2, 0.25) is 0 Å². The minimum atomic E-state index is -0.297. The maximum atomic E-state index is 12.8. The number of halogens is 1. The minimum absolute atomic E-state index is 0.210. The fourth-order valence-corrected chi connectivity index (χ4v) is 3.50. The number of carbonyl (C=O) groups excluding carboxylic acids is 1. The molecule has 29 heavy (non-hydrogen) atoms. The Hall–Kier alpha value is -2.44. The van der Waals surface area contributed by atoms with Crippen molar-refractivity contribution in [2.24, 2.45) is 0 Å². The molecule has 2 aromatic carbocycles. The van der Waals surface area contributed by atoms with Crippen LogP contribution in [0.4, 0.5) is 5.69 Å². The molecule has 0 saturated heterocycles. The van der Waals surface area contributed by atoms with Gasteiger partial charge in [-0.3, -0.25) is 4.79 Å². The Balaban J connectivity index is 1.74. The topological polar surface area (TPSA) is 66.0 Å². The predicted octanol–water partition coefficient (Wildman–Crippen LogP) is 4.95. The van der Waals surface area contributed by atoms with Crippen LogP contribution in [0.3, 0.4) is 0 Å². The van der Waals surface area contributed by atoms with E-state index in [-0.39, 0.29) is 12.0 Å². The molecule has 1 aliphatic rings. The van der Waals surface area contributed by atoms with Crippen LogP contribution in [0.1, 0.15) is 36.0 Å². The summed E-state index contributed by atoms with van der Waals surface area (Å²) in [6, 6.07) is 10.4. The molecule has 2 aromatic rings. The van der Waals surface area contributed by atoms with E-state index in [0.717, 1.165) is 12.8 Å². The van der Waals surface area contributed by atoms with Crippen LogP contribution in [0.15, 0.2) is 36.4 Å². The normalized spacial score (nSPS) is 13.9. The lowest BCUT2D eigenvalue weighted by atomic mass is 10.1. The fourth-order valence-electron chi connectivity index (χ4n) is 3.27. The summed E-state index contributed by atoms with van der Waals surface area (Å²) in [5.41, 5.74) is 0.937. The lowest BCUT2D eigenvalue weighted by Crippen LogP contribution is -2.15. The van der Waals surface area contributed by atoms with E-state index >= 15 is 0 Å². The van der Waals surface area contributed by atoms with Crippen LogP contribution in [0.5, 0.6) is 17.2 Å². The van der Waals surface area contributed by atoms with Gasteiger partial charge >= 0.3 is 0 Å². The standard InChI is InChI=1S/C22H26ClNO5/c1-26-12-13-28-21-17(23)8-5-9-18(21)24-22(25)15-10-11-19(20(14-15)27-2)29-16-6-3-4-7-16/h5,8-11,14,16H,3-4,6-7,12-13H2,1-2H3,(H,24,25). The zero-order valence-corrected chi connectivity index (χ0v) is 17.5. The number of carbonyl (C=O) groups is 1. The van der Waals surface area contributed by atoms with Gasteiger partial charge in [0.05, 0.1) is 30.5 Å². The van der Waals surface area contributed by atoms with Gasteiger partial charge in [-0.1, -0.05) is 17.7 Å². The Kier molecular flexibility index (Phi) is 7.61. The summed E-state index contributed by atoms with van der Waals surface area (Å²) < 4.78 is 22.1. The van der Waals surface area contributed by atoms with Crippen molar-refractivity contribution >= 4 is 23.2 Å². The zero-order valence-electron chi connectivity index (χ0n) is 16.7. The molecule has 0 heterocycles. The molecule has 0 unspecified atom stereocenters. The first-order chi connectivity index (χ1) is 14.1. The molecule has 3 rings (SSSR count). The average Bonchev–Trinajstić information content (AvgIpc) is 3.23. The van der Waals surface area contributed by atoms with Crippen molar-refractivity contribution in [1.82, 2.24) is 0 Å². The Bertz CT molecular complexity index is 836. The third kappa shape index (κ3) is 5.55. The Morgan fingerprint density at radius 1 is 1.10 bits per heavy atom. The number of amides is 1. The number of benzene rings is 2. The van der Waals surface area contributed by atoms with Crippen molar-refractivity contribution in [3.63, 3.8) is 0 Å². The number of methoxy groups -OCH3 is 2. The highest BCUT2D eigenvalue weighted by molar-refractivity contribution is 6.32. The van der Waals surface area contributed by atoms with Crippen molar-refractivity contribution in [3.8, 4) is 17.2 Å². The Morgan fingerprint density at radius 2 is 1.90 bits per heavy atom. The van der Waals surface area contributed by atoms with Crippen molar-refractivity contribution in [1.29, 1.82) is 0 Å². The second-order valence-corrected chi connectivity index (χ2v) is 7.21. The Labute approximate surface area is 176 Å². The van der Waals surface area contributed by atoms with Crippen LogP contribution in [0.25, 0.3) is 0 Å². The third-order valence-electron chi connectivity index (χ3n) is 4.77. The highest BCUT2D eigenvalue weighted by atomic mass is 35.5. The molecule has 1 amide bonds. The smallest absolute Gasteiger partial charge is 0.255 e. The van der Waals surface area contributed by atoms with E-state index in [4.69, 9.17) is 30.5 Å². The largest absolute Gasteiger partial charge is 0.493 e. The number of nitrogens with one attached hydrogen (secondary N) is 1. The molecule has 0 aromatic heterocycles. The molecule has 1 fully saturated rings. The van der Waals surface area contributed by atoms with E-state index < -0.39 is 0 Å². The van der Waals surface area contributed by atoms with Gasteiger partial charge in [0, 0.05) is 12.7 Å². The van der Waals surface area contributed by atoms with Gasteiger partial charge in [-0.25, -0.2) is 0 Å². The molecule has 7 heteroatoms. The van der Waals surface area contributed by atoms with Crippen LogP contribution >= 0.6 is 11.6 Å². The molecule has 0 bridgehead atoms. The molecule has 1 N–H and O–H groups in total. The van der Waals surface area contributed by atoms with E-state index in [1.807, 2.05) is 0 Å². The van der Waals surface area contributed by atoms with Gasteiger partial charge < -0.3 is 24.3 Å². The second-order valence-electron chi connectivity index (χ2n) is 6.80. The number of ether oxygens (including phenoxy) is 4. The first kappa shape index (κ1) is 21.3. The highest BCUT2D eigenvalue weighted by Crippen LogP contribution is 2.35. The number of anilines is 1. The van der Waals surface area contributed by atoms with E-state index in [9.17, 15) is 4.79 Å². The molecular weight excluding hydrogens is 394 g/mol. The highest BCUT2D eigenvalue weighted by Gasteiger charge is 2.20. The minimum Gasteiger partial charge on any atom is -0.493 e. The first-order valence-corrected chi connectivity index (χ1v) is 10.1. The van der Waals surface area contributed by atoms with E-state index in [1.165, 1.54) is 12.8 Å². The summed E-state index contributed by atoms with van der Waals surface area (Å²) in [6.07, 6.45) is 4.67. The molecule has 0 aliphatic heterocycles. The van der Waals surface area contributed by atoms with E-state index in [0.29, 0.717) is 46.7 Å². The number of hydrogen-bond donors (Lipinski definition) is 1. The quantitative estimate of drug-likeness (QED) is 0.582. The summed E-state index contributed by atoms with van der Waals surface area (Å²) in [7, 11) is 3.16. The average molecular weight is 420 g/mol. The van der Waals surface area contributed by atoms with Crippen LogP contribution in [-0.2, 0) is 4.74 Å². The van der Waals surface area contributed by atoms with E-state index in [1.54, 1.807) is 50.6 Å². The first-order valence-electron chi connectivity index (χ1n) is 9.68. The SMILES string of the molecule is COCCOc1c(Cl)cccc1NC(=O)c1ccc(OC2CCCC2)c(OC)c1. The van der Waals surface area contributed by atoms with Gasteiger partial charge in [-0.2, -0.15) is 0 Å². The predicted molar refractivity (Wildman–Crippen MR) is 113 cm³/mol. The monoisotopic (exact) mass is 419 g/mol. The number of hydrogen-bond acceptors (Lipinski definition) is 5. The lowest BCUT2D eigenvalue weighted by Gasteiger charge is -2.17. The second kappa shape index (κ2) is 10.4. The van der Waals surface area contributed by atoms with Gasteiger partial charge in [-0.15, -0.1) is 0 Å². The summed E-state index contributed by atoms with van der Waals surface area (Å²) in [4.78, 5) is 12.8. The maximum absolute atomic E-state index is 12.8. The summed E-state index contributed by atoms with van der Waals surface area (Å²) in [6.45, 7) is 0.738. The van der Waals surface area contributed by atoms with Crippen LogP contribution in [0, 0.1) is 0 Å². The lowest BCUT2D eigenvalue weighted by molar-refractivity contribution is 0.102. The van der Waals surface area contributed by atoms with E-state index in [2.05, 4.69) is 5.32 Å². The van der Waals surface area contributed by atoms with Gasteiger partial charge in [0.25, 0.3) is 5.91 Å². The van der Waals surface area contributed by atoms with Gasteiger partial charge in [0.15, 0.2) is 17.2 Å². The third-order valence-corrected chi connectivity index (χ3v) is 5.07. The summed E-state index contributed by atoms with van der Waals surface area (Å²) in [5.74, 6) is 1.30. The molecule has 0 radical (unpaired) electrons. The molecule has 6 nitrogen and oxygen atoms in total. The maximum Gasteiger partial charge on any atom is 0.255 e. The zero-order chi connectivity index (χ0) is 20.6. The van der Waals surface area contributed by atoms with Crippen molar-refractivity contribution in [2.75, 3.05) is 32.8 Å². The molecule has 0 atom stereocenters. The summed E-state index contributed by atoms with van der Waals surface area (Å²) in [5, 5.41) is 3.27. The Morgan fingerprint density at radius 3 is 2.62 bits per heavy atom. The van der Waals surface area contributed by atoms with Crippen LogP contribution in [-0.4, -0.2) is 39.4 Å². The fraction of sp³-hybridized carbons (Fsp3) is 0.409. The van der Waals surface area contributed by atoms with Gasteiger partial charge in [0.1, 0.15) is 6.61 Å². The number of para-hydroxylation sites is 1. The van der Waals surface area contributed by atoms with Gasteiger partial charge in [-0.05, 0) is 56.0 Å². The van der Waals surface area contributed by atoms with Crippen LogP contribution in [0.2, 0.25) is 5.02 Å². The van der Waals surface area contributed by atoms with Crippen LogP contribution < -0.4 is 19.5 Å². The summed E-state index contributed by atoms with van der Waals surface area (Å²) >= 11 is 6.23.